The van der Waals surface area contributed by atoms with Gasteiger partial charge in [0.05, 0.1) is 12.9 Å². The summed E-state index contributed by atoms with van der Waals surface area (Å²) in [7, 11) is 1.30. The van der Waals surface area contributed by atoms with Crippen LogP contribution in [0.4, 0.5) is 5.69 Å². The van der Waals surface area contributed by atoms with Gasteiger partial charge in [0.15, 0.2) is 0 Å². The monoisotopic (exact) mass is 330 g/mol. The normalized spacial score (nSPS) is 11.8. The maximum absolute atomic E-state index is 11.8. The van der Waals surface area contributed by atoms with E-state index in [1.54, 1.807) is 18.2 Å². The van der Waals surface area contributed by atoms with Crippen molar-refractivity contribution in [2.24, 2.45) is 5.73 Å². The first-order chi connectivity index (χ1) is 9.95. The van der Waals surface area contributed by atoms with Gasteiger partial charge < -0.3 is 15.8 Å². The quantitative estimate of drug-likeness (QED) is 0.591. The maximum atomic E-state index is 11.8. The minimum Gasteiger partial charge on any atom is -0.468 e. The molecule has 0 spiro atoms. The molecule has 0 fully saturated rings. The molecule has 0 saturated carbocycles. The summed E-state index contributed by atoms with van der Waals surface area (Å²) in [6.45, 7) is 1.85. The molecule has 0 radical (unpaired) electrons. The Bertz CT molecular complexity index is 511. The van der Waals surface area contributed by atoms with Crippen LogP contribution in [0.1, 0.15) is 12.0 Å². The summed E-state index contributed by atoms with van der Waals surface area (Å²) in [5, 5.41) is 3.42. The molecule has 0 aromatic heterocycles. The standard InChI is InChI=1S/C14H19ClN2O3S/c1-9-10(15)4-3-5-12(9)17-13(18)8-21-7-6-11(16)14(19)20-2/h3-5,11H,6-8,16H2,1-2H3,(H,17,18). The number of halogens is 1. The number of ether oxygens (including phenoxy) is 1. The topological polar surface area (TPSA) is 81.4 Å². The van der Waals surface area contributed by atoms with Gasteiger partial charge in [-0.3, -0.25) is 9.59 Å². The van der Waals surface area contributed by atoms with E-state index < -0.39 is 12.0 Å². The fourth-order valence-corrected chi connectivity index (χ4v) is 2.57. The van der Waals surface area contributed by atoms with Crippen LogP contribution in [-0.2, 0) is 14.3 Å². The van der Waals surface area contributed by atoms with Crippen molar-refractivity contribution < 1.29 is 14.3 Å². The Morgan fingerprint density at radius 3 is 2.86 bits per heavy atom. The number of anilines is 1. The highest BCUT2D eigenvalue weighted by molar-refractivity contribution is 7.99. The third kappa shape index (κ3) is 5.95. The van der Waals surface area contributed by atoms with Crippen LogP contribution in [0.3, 0.4) is 0 Å². The fraction of sp³-hybridized carbons (Fsp3) is 0.429. The highest BCUT2D eigenvalue weighted by atomic mass is 35.5. The number of amides is 1. The van der Waals surface area contributed by atoms with Gasteiger partial charge in [-0.2, -0.15) is 11.8 Å². The molecule has 5 nitrogen and oxygen atoms in total. The van der Waals surface area contributed by atoms with Gasteiger partial charge in [0, 0.05) is 10.7 Å². The molecule has 0 aliphatic carbocycles. The third-order valence-corrected chi connectivity index (χ3v) is 4.25. The molecule has 0 bridgehead atoms. The van der Waals surface area contributed by atoms with E-state index in [2.05, 4.69) is 10.1 Å². The first-order valence-corrected chi connectivity index (χ1v) is 7.95. The Balaban J connectivity index is 2.32. The van der Waals surface area contributed by atoms with Gasteiger partial charge in [0.1, 0.15) is 6.04 Å². The van der Waals surface area contributed by atoms with Crippen molar-refractivity contribution in [1.82, 2.24) is 0 Å². The lowest BCUT2D eigenvalue weighted by Gasteiger charge is -2.10. The van der Waals surface area contributed by atoms with Crippen LogP contribution in [-0.4, -0.2) is 36.5 Å². The van der Waals surface area contributed by atoms with Crippen LogP contribution >= 0.6 is 23.4 Å². The van der Waals surface area contributed by atoms with E-state index in [4.69, 9.17) is 17.3 Å². The second kappa shape index (κ2) is 8.92. The molecule has 0 heterocycles. The Kier molecular flexibility index (Phi) is 7.56. The molecule has 7 heteroatoms. The fourth-order valence-electron chi connectivity index (χ4n) is 1.57. The molecule has 116 valence electrons. The summed E-state index contributed by atoms with van der Waals surface area (Å²) in [6.07, 6.45) is 0.473. The number of esters is 1. The van der Waals surface area contributed by atoms with E-state index in [1.165, 1.54) is 18.9 Å². The zero-order valence-corrected chi connectivity index (χ0v) is 13.6. The smallest absolute Gasteiger partial charge is 0.322 e. The second-order valence-corrected chi connectivity index (χ2v) is 5.94. The highest BCUT2D eigenvalue weighted by Crippen LogP contribution is 2.23. The molecule has 0 saturated heterocycles. The summed E-state index contributed by atoms with van der Waals surface area (Å²) >= 11 is 7.40. The van der Waals surface area contributed by atoms with E-state index in [-0.39, 0.29) is 5.91 Å². The molecule has 1 amide bonds. The van der Waals surface area contributed by atoms with Crippen LogP contribution in [0.2, 0.25) is 5.02 Å². The van der Waals surface area contributed by atoms with Crippen molar-refractivity contribution in [2.75, 3.05) is 23.9 Å². The van der Waals surface area contributed by atoms with Gasteiger partial charge in [-0.15, -0.1) is 0 Å². The number of carbonyl (C=O) groups is 2. The summed E-state index contributed by atoms with van der Waals surface area (Å²) in [6, 6.07) is 4.72. The van der Waals surface area contributed by atoms with Crippen molar-refractivity contribution >= 4 is 40.9 Å². The number of thioether (sulfide) groups is 1. The number of hydrogen-bond acceptors (Lipinski definition) is 5. The van der Waals surface area contributed by atoms with Gasteiger partial charge in [0.2, 0.25) is 5.91 Å². The van der Waals surface area contributed by atoms with Gasteiger partial charge in [-0.1, -0.05) is 17.7 Å². The lowest BCUT2D eigenvalue weighted by atomic mass is 10.2. The Hall–Kier alpha value is -1.24. The van der Waals surface area contributed by atoms with Crippen LogP contribution in [0.5, 0.6) is 0 Å². The molecule has 21 heavy (non-hydrogen) atoms. The number of benzene rings is 1. The second-order valence-electron chi connectivity index (χ2n) is 4.43. The zero-order valence-electron chi connectivity index (χ0n) is 12.0. The zero-order chi connectivity index (χ0) is 15.8. The highest BCUT2D eigenvalue weighted by Gasteiger charge is 2.13. The van der Waals surface area contributed by atoms with Crippen molar-refractivity contribution in [1.29, 1.82) is 0 Å². The van der Waals surface area contributed by atoms with E-state index in [9.17, 15) is 9.59 Å². The predicted molar refractivity (Wildman–Crippen MR) is 86.8 cm³/mol. The minimum atomic E-state index is -0.638. The van der Waals surface area contributed by atoms with E-state index in [0.29, 0.717) is 28.6 Å². The van der Waals surface area contributed by atoms with Crippen LogP contribution in [0.25, 0.3) is 0 Å². The van der Waals surface area contributed by atoms with Crippen molar-refractivity contribution in [3.05, 3.63) is 28.8 Å². The van der Waals surface area contributed by atoms with E-state index in [0.717, 1.165) is 5.56 Å². The van der Waals surface area contributed by atoms with Crippen LogP contribution in [0.15, 0.2) is 18.2 Å². The average Bonchev–Trinajstić information content (AvgIpc) is 2.47. The lowest BCUT2D eigenvalue weighted by molar-refractivity contribution is -0.142. The van der Waals surface area contributed by atoms with Crippen molar-refractivity contribution in [3.63, 3.8) is 0 Å². The summed E-state index contributed by atoms with van der Waals surface area (Å²) in [5.74, 6) is 0.351. The summed E-state index contributed by atoms with van der Waals surface area (Å²) < 4.78 is 4.53. The number of methoxy groups -OCH3 is 1. The van der Waals surface area contributed by atoms with E-state index in [1.807, 2.05) is 6.92 Å². The molecular weight excluding hydrogens is 312 g/mol. The number of nitrogens with one attached hydrogen (secondary N) is 1. The summed E-state index contributed by atoms with van der Waals surface area (Å²) in [5.41, 5.74) is 7.15. The van der Waals surface area contributed by atoms with E-state index >= 15 is 0 Å². The number of carbonyl (C=O) groups excluding carboxylic acids is 2. The number of rotatable bonds is 7. The van der Waals surface area contributed by atoms with Crippen molar-refractivity contribution in [2.45, 2.75) is 19.4 Å². The molecule has 0 aliphatic heterocycles. The largest absolute Gasteiger partial charge is 0.468 e. The van der Waals surface area contributed by atoms with Crippen LogP contribution < -0.4 is 11.1 Å². The first kappa shape index (κ1) is 17.8. The molecule has 1 unspecified atom stereocenters. The molecule has 3 N–H and O–H groups in total. The molecule has 1 atom stereocenters. The minimum absolute atomic E-state index is 0.114. The molecular formula is C14H19ClN2O3S. The Labute approximate surface area is 133 Å². The number of hydrogen-bond donors (Lipinski definition) is 2. The third-order valence-electron chi connectivity index (χ3n) is 2.85. The molecule has 1 aromatic carbocycles. The Morgan fingerprint density at radius 1 is 1.48 bits per heavy atom. The molecule has 1 aromatic rings. The lowest BCUT2D eigenvalue weighted by Crippen LogP contribution is -2.32. The Morgan fingerprint density at radius 2 is 2.19 bits per heavy atom. The average molecular weight is 331 g/mol. The maximum Gasteiger partial charge on any atom is 0.322 e. The summed E-state index contributed by atoms with van der Waals surface area (Å²) in [4.78, 5) is 22.9. The first-order valence-electron chi connectivity index (χ1n) is 6.41. The van der Waals surface area contributed by atoms with Crippen molar-refractivity contribution in [3.8, 4) is 0 Å². The number of nitrogens with two attached hydrogens (primary N) is 1. The molecule has 1 rings (SSSR count). The van der Waals surface area contributed by atoms with Gasteiger partial charge in [0.25, 0.3) is 0 Å². The predicted octanol–water partition coefficient (Wildman–Crippen LogP) is 2.21. The SMILES string of the molecule is COC(=O)C(N)CCSCC(=O)Nc1cccc(Cl)c1C. The van der Waals surface area contributed by atoms with Crippen LogP contribution in [0, 0.1) is 6.92 Å². The molecule has 0 aliphatic rings. The van der Waals surface area contributed by atoms with Gasteiger partial charge in [-0.05, 0) is 36.8 Å². The van der Waals surface area contributed by atoms with Gasteiger partial charge in [-0.25, -0.2) is 0 Å². The van der Waals surface area contributed by atoms with Gasteiger partial charge >= 0.3 is 5.97 Å².